The molecule has 0 fully saturated rings. The molecule has 0 aliphatic heterocycles. The Kier molecular flexibility index (Phi) is 23.5. The van der Waals surface area contributed by atoms with Gasteiger partial charge in [-0.3, -0.25) is 10.1 Å². The van der Waals surface area contributed by atoms with Gasteiger partial charge in [-0.1, -0.05) is 46.4 Å². The van der Waals surface area contributed by atoms with E-state index in [0.29, 0.717) is 66.8 Å². The van der Waals surface area contributed by atoms with E-state index in [1.807, 2.05) is 13.8 Å². The van der Waals surface area contributed by atoms with Gasteiger partial charge in [-0.15, -0.1) is 0 Å². The molecule has 0 bridgehead atoms. The molecule has 0 aliphatic rings. The zero-order chi connectivity index (χ0) is 55.1. The third-order valence-corrected chi connectivity index (χ3v) is 10.1. The van der Waals surface area contributed by atoms with Crippen molar-refractivity contribution in [1.29, 1.82) is 0 Å². The van der Waals surface area contributed by atoms with Crippen molar-refractivity contribution in [3.05, 3.63) is 171 Å². The summed E-state index contributed by atoms with van der Waals surface area (Å²) in [4.78, 5) is 9.79. The molecular formula is C43H37BrCl4F13N7O3. The minimum Gasteiger partial charge on any atom is -0.494 e. The van der Waals surface area contributed by atoms with Gasteiger partial charge < -0.3 is 39.1 Å². The van der Waals surface area contributed by atoms with Gasteiger partial charge in [-0.05, 0) is 126 Å². The van der Waals surface area contributed by atoms with Crippen molar-refractivity contribution in [2.75, 3.05) is 41.5 Å². The number of nitro benzene ring substituents is 1. The second-order valence-corrected chi connectivity index (χ2v) is 16.3. The Morgan fingerprint density at radius 3 is 1.35 bits per heavy atom. The summed E-state index contributed by atoms with van der Waals surface area (Å²) >= 11 is 25.7. The van der Waals surface area contributed by atoms with Crippen LogP contribution in [0.4, 0.5) is 96.9 Å². The Bertz CT molecular complexity index is 2570. The Morgan fingerprint density at radius 2 is 0.958 bits per heavy atom. The molecule has 71 heavy (non-hydrogen) atoms. The largest absolute Gasteiger partial charge is 0.494 e. The Labute approximate surface area is 423 Å². The van der Waals surface area contributed by atoms with Gasteiger partial charge in [0, 0.05) is 26.9 Å². The van der Waals surface area contributed by atoms with E-state index in [2.05, 4.69) is 15.9 Å². The fraction of sp³-hybridized carbons (Fsp3) is 0.163. The first-order valence-corrected chi connectivity index (χ1v) is 20.9. The number of rotatable bonds is 2. The van der Waals surface area contributed by atoms with Crippen LogP contribution in [0.3, 0.4) is 0 Å². The Hall–Kier alpha value is -5.95. The van der Waals surface area contributed by atoms with Gasteiger partial charge >= 0.3 is 24.7 Å². The molecule has 0 heterocycles. The average molecular weight is 1170 g/mol. The topological polar surface area (TPSA) is 208 Å². The van der Waals surface area contributed by atoms with Crippen molar-refractivity contribution in [2.24, 2.45) is 0 Å². The molecule has 6 aromatic rings. The quantitative estimate of drug-likeness (QED) is 0.0421. The van der Waals surface area contributed by atoms with Gasteiger partial charge in [0.15, 0.2) is 0 Å². The molecular weight excluding hydrogens is 1130 g/mol. The molecule has 0 aromatic heterocycles. The van der Waals surface area contributed by atoms with E-state index in [0.717, 1.165) is 35.4 Å². The van der Waals surface area contributed by atoms with Crippen LogP contribution in [0.1, 0.15) is 33.4 Å². The van der Waals surface area contributed by atoms with Crippen LogP contribution in [-0.4, -0.2) is 12.0 Å². The van der Waals surface area contributed by atoms with Gasteiger partial charge in [0.2, 0.25) is 0 Å². The lowest BCUT2D eigenvalue weighted by Gasteiger charge is -2.12. The Morgan fingerprint density at radius 1 is 0.535 bits per heavy atom. The number of halogens is 18. The number of anilines is 6. The predicted octanol–water partition coefficient (Wildman–Crippen LogP) is 15.7. The number of hydrogen-bond acceptors (Lipinski definition) is 9. The van der Waals surface area contributed by atoms with Crippen LogP contribution in [0.5, 0.6) is 5.75 Å². The van der Waals surface area contributed by atoms with Crippen molar-refractivity contribution in [1.82, 2.24) is 0 Å². The normalized spacial score (nSPS) is 11.1. The summed E-state index contributed by atoms with van der Waals surface area (Å²) in [6.07, 6.45) is -18.5. The third-order valence-electron chi connectivity index (χ3n) is 8.22. The molecule has 0 spiro atoms. The average Bonchev–Trinajstić information content (AvgIpc) is 3.23. The number of methoxy groups -OCH3 is 1. The van der Waals surface area contributed by atoms with Crippen LogP contribution in [-0.2, 0) is 24.7 Å². The number of nitrogens with zero attached hydrogens (tertiary/aromatic N) is 1. The van der Waals surface area contributed by atoms with E-state index < -0.39 is 63.4 Å². The molecule has 6 aromatic carbocycles. The highest BCUT2D eigenvalue weighted by molar-refractivity contribution is 9.10. The summed E-state index contributed by atoms with van der Waals surface area (Å²) < 4.78 is 162. The molecule has 12 N–H and O–H groups in total. The zero-order valence-corrected chi connectivity index (χ0v) is 40.8. The van der Waals surface area contributed by atoms with Gasteiger partial charge in [0.25, 0.3) is 5.69 Å². The molecule has 0 aliphatic carbocycles. The molecule has 28 heteroatoms. The van der Waals surface area contributed by atoms with E-state index in [9.17, 15) is 67.2 Å². The maximum absolute atomic E-state index is 12.5. The number of aryl methyl sites for hydroxylation is 2. The first-order valence-electron chi connectivity index (χ1n) is 18.6. The lowest BCUT2D eigenvalue weighted by molar-refractivity contribution is -0.384. The predicted molar refractivity (Wildman–Crippen MR) is 256 cm³/mol. The molecule has 0 saturated heterocycles. The first kappa shape index (κ1) is 63.1. The van der Waals surface area contributed by atoms with Gasteiger partial charge in [-0.25, -0.2) is 4.39 Å². The molecule has 0 atom stereocenters. The number of nitrogen functional groups attached to an aromatic ring is 6. The first-order chi connectivity index (χ1) is 32.3. The molecule has 0 amide bonds. The van der Waals surface area contributed by atoms with Crippen molar-refractivity contribution >= 4 is 102 Å². The Balaban J connectivity index is 0.000000428. The van der Waals surface area contributed by atoms with Crippen molar-refractivity contribution < 1.29 is 66.7 Å². The number of non-ortho nitro benzene ring substituents is 1. The van der Waals surface area contributed by atoms with Crippen molar-refractivity contribution in [3.8, 4) is 5.75 Å². The summed E-state index contributed by atoms with van der Waals surface area (Å²) in [5.74, 6) is -0.728. The summed E-state index contributed by atoms with van der Waals surface area (Å²) in [5, 5.41) is 12.5. The molecule has 0 saturated carbocycles. The lowest BCUT2D eigenvalue weighted by atomic mass is 10.1. The molecule has 0 radical (unpaired) electrons. The number of nitrogens with two attached hydrogens (primary N) is 6. The highest BCUT2D eigenvalue weighted by atomic mass is 79.9. The standard InChI is InChI=1S/C8H5F6N.C7H5BrF3N.2C7H7Cl2N.C7H5F4N.C7H8N2O3/c9-7(10,11)4-1-5(8(12,13)14)3-6(15)2-4;8-5-3-4(7(9,10)11)1-2-6(5)12;1-4-2-5(8)3-6(9)7(4)10;1-4-2-5(8)7(10)6(9)3-4;8-5-3-4(7(9,10)11)1-2-6(5)12;1-12-7-4-5(9(10)11)2-3-6(7)8/h1-3H,15H2;1-3H,12H2;2*2-3H,10H2,1H3;1-3H,12H2;2-4H,8H2,1H3. The summed E-state index contributed by atoms with van der Waals surface area (Å²) in [5.41, 5.74) is 30.0. The highest BCUT2D eigenvalue weighted by Gasteiger charge is 2.37. The molecule has 388 valence electrons. The number of benzene rings is 6. The van der Waals surface area contributed by atoms with Crippen LogP contribution < -0.4 is 39.1 Å². The maximum atomic E-state index is 12.5. The smallest absolute Gasteiger partial charge is 0.416 e. The van der Waals surface area contributed by atoms with E-state index >= 15 is 0 Å². The lowest BCUT2D eigenvalue weighted by Crippen LogP contribution is -2.11. The van der Waals surface area contributed by atoms with E-state index in [4.69, 9.17) is 85.5 Å². The van der Waals surface area contributed by atoms with Crippen molar-refractivity contribution in [3.63, 3.8) is 0 Å². The van der Waals surface area contributed by atoms with E-state index in [-0.39, 0.29) is 21.9 Å². The van der Waals surface area contributed by atoms with Crippen LogP contribution in [0.15, 0.2) is 102 Å². The second-order valence-electron chi connectivity index (χ2n) is 13.8. The van der Waals surface area contributed by atoms with E-state index in [1.165, 1.54) is 31.4 Å². The minimum absolute atomic E-state index is 0.0242. The second kappa shape index (κ2) is 26.5. The SMILES string of the molecule is COc1cc([N+](=O)[O-])ccc1N.Cc1cc(Cl)c(N)c(Cl)c1.Cc1cc(Cl)cc(Cl)c1N.Nc1cc(C(F)(F)F)cc(C(F)(F)F)c1.Nc1ccc(C(F)(F)F)cc1Br.Nc1ccc(C(F)(F)F)cc1F. The molecule has 10 nitrogen and oxygen atoms in total. The van der Waals surface area contributed by atoms with Gasteiger partial charge in [0.05, 0.1) is 78.2 Å². The summed E-state index contributed by atoms with van der Waals surface area (Å²) in [6, 6.07) is 17.1. The molecule has 6 rings (SSSR count). The third kappa shape index (κ3) is 21.5. The summed E-state index contributed by atoms with van der Waals surface area (Å²) in [6.45, 7) is 3.78. The van der Waals surface area contributed by atoms with Crippen LogP contribution in [0.2, 0.25) is 20.1 Å². The van der Waals surface area contributed by atoms with E-state index in [1.54, 1.807) is 24.3 Å². The monoisotopic (exact) mass is 1170 g/mol. The van der Waals surface area contributed by atoms with Crippen LogP contribution in [0, 0.1) is 29.8 Å². The van der Waals surface area contributed by atoms with Crippen molar-refractivity contribution in [2.45, 2.75) is 38.6 Å². The summed E-state index contributed by atoms with van der Waals surface area (Å²) in [7, 11) is 1.41. The fourth-order valence-electron chi connectivity index (χ4n) is 4.62. The number of ether oxygens (including phenoxy) is 1. The number of alkyl halides is 12. The van der Waals surface area contributed by atoms with Crippen LogP contribution >= 0.6 is 62.3 Å². The van der Waals surface area contributed by atoms with Gasteiger partial charge in [0.1, 0.15) is 11.6 Å². The zero-order valence-electron chi connectivity index (χ0n) is 36.2. The maximum Gasteiger partial charge on any atom is 0.416 e. The highest BCUT2D eigenvalue weighted by Crippen LogP contribution is 2.38. The number of nitro groups is 1. The van der Waals surface area contributed by atoms with Crippen LogP contribution in [0.25, 0.3) is 0 Å². The molecule has 0 unspecified atom stereocenters. The fourth-order valence-corrected chi connectivity index (χ4v) is 6.19. The minimum atomic E-state index is -4.84. The van der Waals surface area contributed by atoms with Gasteiger partial charge in [-0.2, -0.15) is 52.7 Å². The number of hydrogen-bond donors (Lipinski definition) is 6.